The number of anilines is 1. The average Bonchev–Trinajstić information content (AvgIpc) is 3.06. The number of hydrogen-bond donors (Lipinski definition) is 2. The number of hydrogen-bond acceptors (Lipinski definition) is 6. The van der Waals surface area contributed by atoms with Gasteiger partial charge in [0.05, 0.1) is 12.2 Å². The van der Waals surface area contributed by atoms with Crippen LogP contribution in [0.2, 0.25) is 0 Å². The van der Waals surface area contributed by atoms with Crippen LogP contribution >= 0.6 is 11.3 Å². The molecule has 3 amide bonds. The molecule has 1 aliphatic rings. The van der Waals surface area contributed by atoms with E-state index in [9.17, 15) is 19.2 Å². The molecule has 2 N–H and O–H groups in total. The van der Waals surface area contributed by atoms with Crippen LogP contribution in [0.4, 0.5) is 9.80 Å². The third kappa shape index (κ3) is 4.71. The van der Waals surface area contributed by atoms with Crippen molar-refractivity contribution in [2.75, 3.05) is 11.9 Å². The van der Waals surface area contributed by atoms with Crippen molar-refractivity contribution in [1.82, 2.24) is 5.32 Å². The van der Waals surface area contributed by atoms with E-state index in [2.05, 4.69) is 10.6 Å². The smallest absolute Gasteiger partial charge is 0.414 e. The van der Waals surface area contributed by atoms with E-state index in [4.69, 9.17) is 4.74 Å². The molecule has 0 radical (unpaired) electrons. The minimum absolute atomic E-state index is 0.0826. The van der Waals surface area contributed by atoms with E-state index < -0.39 is 12.0 Å². The molecule has 152 valence electrons. The molecular formula is C21H22N2O5S. The van der Waals surface area contributed by atoms with Gasteiger partial charge in [-0.3, -0.25) is 19.7 Å². The van der Waals surface area contributed by atoms with E-state index in [1.54, 1.807) is 31.2 Å². The van der Waals surface area contributed by atoms with Crippen molar-refractivity contribution in [3.05, 3.63) is 51.4 Å². The highest BCUT2D eigenvalue weighted by Crippen LogP contribution is 2.38. The number of nitrogens with one attached hydrogen (secondary N) is 2. The first-order chi connectivity index (χ1) is 13.9. The van der Waals surface area contributed by atoms with Crippen molar-refractivity contribution >= 4 is 40.0 Å². The van der Waals surface area contributed by atoms with Crippen LogP contribution in [0.5, 0.6) is 0 Å². The molecule has 3 rings (SSSR count). The Morgan fingerprint density at radius 1 is 1.00 bits per heavy atom. The number of imide groups is 1. The Kier molecular flexibility index (Phi) is 6.43. The first-order valence-electron chi connectivity index (χ1n) is 9.45. The first-order valence-corrected chi connectivity index (χ1v) is 10.3. The summed E-state index contributed by atoms with van der Waals surface area (Å²) in [6.07, 6.45) is 2.71. The third-order valence-electron chi connectivity index (χ3n) is 4.67. The van der Waals surface area contributed by atoms with Gasteiger partial charge in [0.15, 0.2) is 5.78 Å². The van der Waals surface area contributed by atoms with Gasteiger partial charge in [0.2, 0.25) is 0 Å². The standard InChI is InChI=1S/C21H22N2O5S/c1-3-28-21(27)23-19(26)17-15-6-4-5-7-16(15)29-20(17)22-18(25)14-10-8-13(9-11-14)12(2)24/h8-11H,3-7H2,1-2H3,(H,22,25)(H,23,26,27). The van der Waals surface area contributed by atoms with E-state index in [1.807, 2.05) is 0 Å². The highest BCUT2D eigenvalue weighted by molar-refractivity contribution is 7.17. The topological polar surface area (TPSA) is 102 Å². The zero-order valence-corrected chi connectivity index (χ0v) is 17.1. The summed E-state index contributed by atoms with van der Waals surface area (Å²) in [5.41, 5.74) is 2.09. The molecule has 1 heterocycles. The Bertz CT molecular complexity index is 962. The third-order valence-corrected chi connectivity index (χ3v) is 5.88. The lowest BCUT2D eigenvalue weighted by Gasteiger charge is -2.13. The molecule has 0 unspecified atom stereocenters. The molecule has 1 aromatic carbocycles. The van der Waals surface area contributed by atoms with Crippen molar-refractivity contribution in [3.63, 3.8) is 0 Å². The quantitative estimate of drug-likeness (QED) is 0.721. The maximum absolute atomic E-state index is 12.7. The zero-order valence-electron chi connectivity index (χ0n) is 16.3. The molecule has 2 aromatic rings. The fraction of sp³-hybridized carbons (Fsp3) is 0.333. The number of rotatable bonds is 5. The molecule has 0 spiro atoms. The molecule has 0 bridgehead atoms. The van der Waals surface area contributed by atoms with Gasteiger partial charge in [-0.1, -0.05) is 12.1 Å². The van der Waals surface area contributed by atoms with Crippen LogP contribution in [-0.2, 0) is 17.6 Å². The number of thiophene rings is 1. The number of amides is 3. The number of fused-ring (bicyclic) bond motifs is 1. The highest BCUT2D eigenvalue weighted by Gasteiger charge is 2.27. The number of benzene rings is 1. The van der Waals surface area contributed by atoms with E-state index in [0.717, 1.165) is 36.1 Å². The molecule has 0 atom stereocenters. The number of alkyl carbamates (subject to hydrolysis) is 1. The maximum atomic E-state index is 12.7. The first kappa shape index (κ1) is 20.7. The van der Waals surface area contributed by atoms with Crippen LogP contribution in [-0.4, -0.2) is 30.3 Å². The maximum Gasteiger partial charge on any atom is 0.414 e. The summed E-state index contributed by atoms with van der Waals surface area (Å²) in [5, 5.41) is 5.44. The Morgan fingerprint density at radius 2 is 1.66 bits per heavy atom. The number of carbonyl (C=O) groups is 4. The van der Waals surface area contributed by atoms with Crippen molar-refractivity contribution in [1.29, 1.82) is 0 Å². The van der Waals surface area contributed by atoms with Crippen molar-refractivity contribution in [2.45, 2.75) is 39.5 Å². The Hall–Kier alpha value is -3.00. The van der Waals surface area contributed by atoms with E-state index >= 15 is 0 Å². The molecule has 29 heavy (non-hydrogen) atoms. The number of ether oxygens (including phenoxy) is 1. The second-order valence-corrected chi connectivity index (χ2v) is 7.78. The summed E-state index contributed by atoms with van der Waals surface area (Å²) in [7, 11) is 0. The Morgan fingerprint density at radius 3 is 2.31 bits per heavy atom. The molecule has 0 aliphatic heterocycles. The predicted molar refractivity (Wildman–Crippen MR) is 110 cm³/mol. The van der Waals surface area contributed by atoms with Crippen LogP contribution in [0.1, 0.15) is 68.2 Å². The molecule has 8 heteroatoms. The lowest BCUT2D eigenvalue weighted by Crippen LogP contribution is -2.32. The van der Waals surface area contributed by atoms with Gasteiger partial charge in [-0.05, 0) is 57.2 Å². The predicted octanol–water partition coefficient (Wildman–Crippen LogP) is 3.97. The fourth-order valence-corrected chi connectivity index (χ4v) is 4.53. The van der Waals surface area contributed by atoms with Crippen LogP contribution in [0.3, 0.4) is 0 Å². The summed E-state index contributed by atoms with van der Waals surface area (Å²) < 4.78 is 4.79. The van der Waals surface area contributed by atoms with Crippen LogP contribution in [0.15, 0.2) is 24.3 Å². The Balaban J connectivity index is 1.87. The molecule has 0 saturated carbocycles. The summed E-state index contributed by atoms with van der Waals surface area (Å²) >= 11 is 1.36. The number of aryl methyl sites for hydroxylation is 1. The molecule has 0 saturated heterocycles. The number of Topliss-reactive ketones (excluding diaryl/α,β-unsaturated/α-hetero) is 1. The van der Waals surface area contributed by atoms with Gasteiger partial charge in [-0.2, -0.15) is 0 Å². The van der Waals surface area contributed by atoms with Gasteiger partial charge >= 0.3 is 6.09 Å². The van der Waals surface area contributed by atoms with Crippen molar-refractivity contribution in [3.8, 4) is 0 Å². The van der Waals surface area contributed by atoms with Gasteiger partial charge in [0, 0.05) is 16.0 Å². The van der Waals surface area contributed by atoms with Gasteiger partial charge in [0.25, 0.3) is 11.8 Å². The molecular weight excluding hydrogens is 392 g/mol. The van der Waals surface area contributed by atoms with Crippen molar-refractivity contribution < 1.29 is 23.9 Å². The second-order valence-electron chi connectivity index (χ2n) is 6.68. The van der Waals surface area contributed by atoms with Gasteiger partial charge < -0.3 is 10.1 Å². The van der Waals surface area contributed by atoms with E-state index in [0.29, 0.717) is 21.7 Å². The fourth-order valence-electron chi connectivity index (χ4n) is 3.25. The number of ketones is 1. The summed E-state index contributed by atoms with van der Waals surface area (Å²) in [5.74, 6) is -1.05. The monoisotopic (exact) mass is 414 g/mol. The molecule has 0 fully saturated rings. The minimum Gasteiger partial charge on any atom is -0.450 e. The normalized spacial score (nSPS) is 12.6. The van der Waals surface area contributed by atoms with E-state index in [-0.39, 0.29) is 18.3 Å². The molecule has 1 aromatic heterocycles. The molecule has 1 aliphatic carbocycles. The number of carbonyl (C=O) groups excluding carboxylic acids is 4. The lowest BCUT2D eigenvalue weighted by molar-refractivity contribution is 0.0924. The van der Waals surface area contributed by atoms with Crippen molar-refractivity contribution in [2.24, 2.45) is 0 Å². The SMILES string of the molecule is CCOC(=O)NC(=O)c1c(NC(=O)c2ccc(C(C)=O)cc2)sc2c1CCCC2. The summed E-state index contributed by atoms with van der Waals surface area (Å²) in [6, 6.07) is 6.31. The van der Waals surface area contributed by atoms with E-state index in [1.165, 1.54) is 18.3 Å². The Labute approximate surface area is 172 Å². The van der Waals surface area contributed by atoms with Crippen LogP contribution < -0.4 is 10.6 Å². The largest absolute Gasteiger partial charge is 0.450 e. The summed E-state index contributed by atoms with van der Waals surface area (Å²) in [4.78, 5) is 49.6. The van der Waals surface area contributed by atoms with Gasteiger partial charge in [-0.25, -0.2) is 4.79 Å². The average molecular weight is 414 g/mol. The second kappa shape index (κ2) is 9.00. The van der Waals surface area contributed by atoms with Crippen LogP contribution in [0.25, 0.3) is 0 Å². The highest BCUT2D eigenvalue weighted by atomic mass is 32.1. The lowest BCUT2D eigenvalue weighted by atomic mass is 9.95. The van der Waals surface area contributed by atoms with Gasteiger partial charge in [-0.15, -0.1) is 11.3 Å². The van der Waals surface area contributed by atoms with Crippen LogP contribution in [0, 0.1) is 0 Å². The van der Waals surface area contributed by atoms with Gasteiger partial charge in [0.1, 0.15) is 5.00 Å². The molecule has 7 nitrogen and oxygen atoms in total. The minimum atomic E-state index is -0.814. The zero-order chi connectivity index (χ0) is 21.0. The summed E-state index contributed by atoms with van der Waals surface area (Å²) in [6.45, 7) is 3.26.